The highest BCUT2D eigenvalue weighted by Crippen LogP contribution is 2.37. The summed E-state index contributed by atoms with van der Waals surface area (Å²) in [7, 11) is 2.03. The second-order valence-electron chi connectivity index (χ2n) is 6.26. The molecule has 0 radical (unpaired) electrons. The molecule has 0 aromatic carbocycles. The molecule has 1 unspecified atom stereocenters. The van der Waals surface area contributed by atoms with Crippen LogP contribution in [0.5, 0.6) is 0 Å². The average Bonchev–Trinajstić information content (AvgIpc) is 3.17. The fourth-order valence-corrected chi connectivity index (χ4v) is 3.90. The van der Waals surface area contributed by atoms with Crippen molar-refractivity contribution in [2.24, 2.45) is 0 Å². The summed E-state index contributed by atoms with van der Waals surface area (Å²) < 4.78 is 0. The predicted molar refractivity (Wildman–Crippen MR) is 95.0 cm³/mol. The van der Waals surface area contributed by atoms with Gasteiger partial charge in [0.1, 0.15) is 0 Å². The lowest BCUT2D eigenvalue weighted by Crippen LogP contribution is -2.29. The van der Waals surface area contributed by atoms with Crippen LogP contribution in [-0.2, 0) is 6.42 Å². The second-order valence-corrected chi connectivity index (χ2v) is 7.04. The maximum Gasteiger partial charge on any atom is 0.0657 e. The first kappa shape index (κ1) is 15.5. The zero-order valence-electron chi connectivity index (χ0n) is 13.7. The van der Waals surface area contributed by atoms with Crippen LogP contribution in [0.4, 0.5) is 5.69 Å². The number of hydrogen-bond donors (Lipinski definition) is 1. The molecule has 0 fully saturated rings. The third kappa shape index (κ3) is 3.03. The number of rotatable bonds is 6. The van der Waals surface area contributed by atoms with Crippen LogP contribution in [0.25, 0.3) is 0 Å². The molecule has 2 aromatic rings. The van der Waals surface area contributed by atoms with Crippen LogP contribution >= 0.6 is 11.3 Å². The summed E-state index contributed by atoms with van der Waals surface area (Å²) in [6.45, 7) is 6.53. The first-order valence-electron chi connectivity index (χ1n) is 8.14. The van der Waals surface area contributed by atoms with Crippen LogP contribution in [0.3, 0.4) is 0 Å². The van der Waals surface area contributed by atoms with Gasteiger partial charge < -0.3 is 10.2 Å². The average molecular weight is 315 g/mol. The van der Waals surface area contributed by atoms with Gasteiger partial charge in [-0.2, -0.15) is 11.3 Å². The molecule has 118 valence electrons. The van der Waals surface area contributed by atoms with E-state index in [0.717, 1.165) is 25.9 Å². The van der Waals surface area contributed by atoms with E-state index >= 15 is 0 Å². The van der Waals surface area contributed by atoms with Gasteiger partial charge in [0.15, 0.2) is 0 Å². The van der Waals surface area contributed by atoms with Crippen molar-refractivity contribution in [1.29, 1.82) is 0 Å². The third-order valence-electron chi connectivity index (χ3n) is 4.43. The Hall–Kier alpha value is -1.39. The molecule has 3 heterocycles. The number of thiophene rings is 1. The molecule has 0 saturated carbocycles. The van der Waals surface area contributed by atoms with Gasteiger partial charge in [0.25, 0.3) is 0 Å². The molecule has 3 nitrogen and oxygen atoms in total. The Labute approximate surface area is 137 Å². The Kier molecular flexibility index (Phi) is 4.79. The Balaban J connectivity index is 1.89. The maximum absolute atomic E-state index is 4.89. The lowest BCUT2D eigenvalue weighted by Gasteiger charge is -2.30. The molecule has 0 amide bonds. The van der Waals surface area contributed by atoms with E-state index in [9.17, 15) is 0 Å². The molecule has 22 heavy (non-hydrogen) atoms. The smallest absolute Gasteiger partial charge is 0.0657 e. The van der Waals surface area contributed by atoms with E-state index in [-0.39, 0.29) is 0 Å². The van der Waals surface area contributed by atoms with Crippen molar-refractivity contribution >= 4 is 17.0 Å². The van der Waals surface area contributed by atoms with Crippen molar-refractivity contribution in [2.45, 2.75) is 38.6 Å². The summed E-state index contributed by atoms with van der Waals surface area (Å²) in [5, 5.41) is 7.76. The first-order chi connectivity index (χ1) is 10.7. The molecular weight excluding hydrogens is 290 g/mol. The number of anilines is 1. The zero-order valence-corrected chi connectivity index (χ0v) is 14.5. The summed E-state index contributed by atoms with van der Waals surface area (Å²) in [4.78, 5) is 7.44. The van der Waals surface area contributed by atoms with Crippen LogP contribution in [-0.4, -0.2) is 25.1 Å². The monoisotopic (exact) mass is 315 g/mol. The molecule has 0 saturated heterocycles. The number of aromatic nitrogens is 1. The van der Waals surface area contributed by atoms with E-state index in [1.165, 1.54) is 22.6 Å². The van der Waals surface area contributed by atoms with Gasteiger partial charge in [-0.15, -0.1) is 0 Å². The van der Waals surface area contributed by atoms with E-state index in [4.69, 9.17) is 4.98 Å². The van der Waals surface area contributed by atoms with E-state index in [0.29, 0.717) is 12.0 Å². The summed E-state index contributed by atoms with van der Waals surface area (Å²) in [5.74, 6) is 0.497. The van der Waals surface area contributed by atoms with Crippen LogP contribution in [0.1, 0.15) is 49.2 Å². The summed E-state index contributed by atoms with van der Waals surface area (Å²) in [5.41, 5.74) is 5.25. The highest BCUT2D eigenvalue weighted by molar-refractivity contribution is 7.08. The molecule has 1 aliphatic rings. The molecule has 0 aliphatic carbocycles. The van der Waals surface area contributed by atoms with Crippen molar-refractivity contribution in [3.63, 3.8) is 0 Å². The highest BCUT2D eigenvalue weighted by atomic mass is 32.1. The molecule has 1 atom stereocenters. The van der Waals surface area contributed by atoms with Gasteiger partial charge >= 0.3 is 0 Å². The van der Waals surface area contributed by atoms with Crippen molar-refractivity contribution in [3.05, 3.63) is 45.9 Å². The highest BCUT2D eigenvalue weighted by Gasteiger charge is 2.28. The zero-order chi connectivity index (χ0) is 15.5. The normalized spacial score (nSPS) is 15.4. The number of hydrogen-bond acceptors (Lipinski definition) is 4. The van der Waals surface area contributed by atoms with Gasteiger partial charge in [0.05, 0.1) is 17.4 Å². The minimum atomic E-state index is 0.451. The number of pyridine rings is 1. The fourth-order valence-electron chi connectivity index (χ4n) is 3.20. The molecule has 1 aliphatic heterocycles. The van der Waals surface area contributed by atoms with Crippen molar-refractivity contribution in [1.82, 2.24) is 10.3 Å². The predicted octanol–water partition coefficient (Wildman–Crippen LogP) is 3.98. The largest absolute Gasteiger partial charge is 0.363 e. The topological polar surface area (TPSA) is 28.2 Å². The summed E-state index contributed by atoms with van der Waals surface area (Å²) >= 11 is 1.79. The minimum Gasteiger partial charge on any atom is -0.363 e. The Morgan fingerprint density at radius 3 is 2.86 bits per heavy atom. The quantitative estimate of drug-likeness (QED) is 0.874. The van der Waals surface area contributed by atoms with Crippen molar-refractivity contribution in [2.75, 3.05) is 25.0 Å². The molecule has 4 heteroatoms. The molecule has 3 rings (SSSR count). The lowest BCUT2D eigenvalue weighted by atomic mass is 10.0. The Bertz CT molecular complexity index is 607. The van der Waals surface area contributed by atoms with Crippen LogP contribution in [0.2, 0.25) is 0 Å². The van der Waals surface area contributed by atoms with Crippen LogP contribution < -0.4 is 10.2 Å². The Morgan fingerprint density at radius 2 is 2.18 bits per heavy atom. The number of fused-ring (bicyclic) bond motifs is 1. The lowest BCUT2D eigenvalue weighted by molar-refractivity contribution is 0.570. The standard InChI is InChI=1S/C18H25N3S/c1-13(2)15-4-5-18-16(20-15)7-10-21(18)17(6-9-19-3)14-8-11-22-12-14/h4-5,8,11-13,17,19H,6-7,9-10H2,1-3H3. The van der Waals surface area contributed by atoms with E-state index in [2.05, 4.69) is 53.0 Å². The van der Waals surface area contributed by atoms with Crippen molar-refractivity contribution in [3.8, 4) is 0 Å². The second kappa shape index (κ2) is 6.80. The molecule has 1 N–H and O–H groups in total. The van der Waals surface area contributed by atoms with Crippen LogP contribution in [0.15, 0.2) is 29.0 Å². The summed E-state index contributed by atoms with van der Waals surface area (Å²) in [6, 6.07) is 7.19. The minimum absolute atomic E-state index is 0.451. The van der Waals surface area contributed by atoms with Gasteiger partial charge in [0, 0.05) is 18.7 Å². The molecular formula is C18H25N3S. The number of nitrogens with one attached hydrogen (secondary N) is 1. The molecule has 0 spiro atoms. The van der Waals surface area contributed by atoms with Crippen molar-refractivity contribution < 1.29 is 0 Å². The molecule has 0 bridgehead atoms. The van der Waals surface area contributed by atoms with Gasteiger partial charge in [-0.05, 0) is 60.5 Å². The number of nitrogens with zero attached hydrogens (tertiary/aromatic N) is 2. The van der Waals surface area contributed by atoms with Gasteiger partial charge in [0.2, 0.25) is 0 Å². The first-order valence-corrected chi connectivity index (χ1v) is 9.08. The summed E-state index contributed by atoms with van der Waals surface area (Å²) in [6.07, 6.45) is 2.19. The van der Waals surface area contributed by atoms with Crippen LogP contribution in [0, 0.1) is 0 Å². The third-order valence-corrected chi connectivity index (χ3v) is 5.14. The van der Waals surface area contributed by atoms with Gasteiger partial charge in [-0.1, -0.05) is 13.8 Å². The van der Waals surface area contributed by atoms with E-state index in [1.807, 2.05) is 7.05 Å². The van der Waals surface area contributed by atoms with E-state index in [1.54, 1.807) is 11.3 Å². The maximum atomic E-state index is 4.89. The Morgan fingerprint density at radius 1 is 1.32 bits per heavy atom. The molecule has 2 aromatic heterocycles. The SMILES string of the molecule is CNCCC(c1ccsc1)N1CCc2nc(C(C)C)ccc21. The fraction of sp³-hybridized carbons (Fsp3) is 0.500. The van der Waals surface area contributed by atoms with Gasteiger partial charge in [-0.25, -0.2) is 0 Å². The van der Waals surface area contributed by atoms with Gasteiger partial charge in [-0.3, -0.25) is 4.98 Å². The van der Waals surface area contributed by atoms with E-state index < -0.39 is 0 Å².